The summed E-state index contributed by atoms with van der Waals surface area (Å²) in [5.74, 6) is 0. The molecule has 2 rings (SSSR count). The maximum Gasteiger partial charge on any atom is 0.304 e. The van der Waals surface area contributed by atoms with Crippen LogP contribution in [0.25, 0.3) is 0 Å². The third-order valence-corrected chi connectivity index (χ3v) is 6.23. The smallest absolute Gasteiger partial charge is 0.304 e. The van der Waals surface area contributed by atoms with Crippen molar-refractivity contribution in [1.29, 1.82) is 0 Å². The SMILES string of the molecule is Nc1sc(S(=O)(=O)N2CCC(O)CC2)cc1[N+](=O)[O-]. The number of anilines is 1. The highest BCUT2D eigenvalue weighted by molar-refractivity contribution is 7.91. The van der Waals surface area contributed by atoms with Crippen LogP contribution in [0.3, 0.4) is 0 Å². The number of sulfonamides is 1. The average Bonchev–Trinajstić information content (AvgIpc) is 2.72. The quantitative estimate of drug-likeness (QED) is 0.614. The maximum atomic E-state index is 12.3. The Bertz CT molecular complexity index is 589. The first kappa shape index (κ1) is 14.2. The van der Waals surface area contributed by atoms with Crippen molar-refractivity contribution in [2.75, 3.05) is 18.8 Å². The van der Waals surface area contributed by atoms with Gasteiger partial charge in [0.25, 0.3) is 10.0 Å². The van der Waals surface area contributed by atoms with Gasteiger partial charge >= 0.3 is 5.69 Å². The molecule has 0 atom stereocenters. The van der Waals surface area contributed by atoms with Gasteiger partial charge in [-0.25, -0.2) is 8.42 Å². The Hall–Kier alpha value is -1.23. The highest BCUT2D eigenvalue weighted by Gasteiger charge is 2.32. The minimum atomic E-state index is -3.76. The summed E-state index contributed by atoms with van der Waals surface area (Å²) in [4.78, 5) is 9.97. The summed E-state index contributed by atoms with van der Waals surface area (Å²) in [6.07, 6.45) is 0.235. The van der Waals surface area contributed by atoms with Gasteiger partial charge in [0.2, 0.25) is 0 Å². The molecule has 0 aromatic carbocycles. The lowest BCUT2D eigenvalue weighted by Crippen LogP contribution is -2.39. The van der Waals surface area contributed by atoms with Crippen LogP contribution in [0.15, 0.2) is 10.3 Å². The fourth-order valence-corrected chi connectivity index (χ4v) is 4.69. The zero-order valence-electron chi connectivity index (χ0n) is 9.85. The number of piperidine rings is 1. The van der Waals surface area contributed by atoms with E-state index in [1.807, 2.05) is 0 Å². The summed E-state index contributed by atoms with van der Waals surface area (Å²) in [7, 11) is -3.76. The van der Waals surface area contributed by atoms with Crippen molar-refractivity contribution in [3.05, 3.63) is 16.2 Å². The molecular weight excluding hydrogens is 294 g/mol. The number of rotatable bonds is 3. The largest absolute Gasteiger partial charge is 0.393 e. The maximum absolute atomic E-state index is 12.3. The second kappa shape index (κ2) is 5.04. The zero-order valence-corrected chi connectivity index (χ0v) is 11.5. The average molecular weight is 307 g/mol. The lowest BCUT2D eigenvalue weighted by molar-refractivity contribution is -0.383. The minimum Gasteiger partial charge on any atom is -0.393 e. The Labute approximate surface area is 113 Å². The van der Waals surface area contributed by atoms with E-state index in [0.717, 1.165) is 6.07 Å². The summed E-state index contributed by atoms with van der Waals surface area (Å²) in [5.41, 5.74) is 5.06. The van der Waals surface area contributed by atoms with Gasteiger partial charge in [-0.3, -0.25) is 10.1 Å². The van der Waals surface area contributed by atoms with Gasteiger partial charge in [0.15, 0.2) is 5.00 Å². The number of nitro groups is 1. The van der Waals surface area contributed by atoms with Crippen LogP contribution in [0.2, 0.25) is 0 Å². The Morgan fingerprint density at radius 2 is 2.05 bits per heavy atom. The van der Waals surface area contributed by atoms with Crippen molar-refractivity contribution < 1.29 is 18.4 Å². The first-order valence-corrected chi connectivity index (χ1v) is 7.80. The predicted octanol–water partition coefficient (Wildman–Crippen LogP) is 0.384. The zero-order chi connectivity index (χ0) is 14.2. The number of aliphatic hydroxyl groups is 1. The molecule has 0 unspecified atom stereocenters. The highest BCUT2D eigenvalue weighted by atomic mass is 32.2. The van der Waals surface area contributed by atoms with E-state index >= 15 is 0 Å². The van der Waals surface area contributed by atoms with E-state index in [-0.39, 0.29) is 28.0 Å². The molecule has 0 aliphatic carbocycles. The molecule has 2 heterocycles. The van der Waals surface area contributed by atoms with Crippen LogP contribution in [-0.4, -0.2) is 41.9 Å². The summed E-state index contributed by atoms with van der Waals surface area (Å²) >= 11 is 0.688. The Balaban J connectivity index is 2.29. The lowest BCUT2D eigenvalue weighted by Gasteiger charge is -2.28. The van der Waals surface area contributed by atoms with Crippen LogP contribution in [0.5, 0.6) is 0 Å². The highest BCUT2D eigenvalue weighted by Crippen LogP contribution is 2.36. The summed E-state index contributed by atoms with van der Waals surface area (Å²) in [6.45, 7) is 0.407. The molecule has 0 bridgehead atoms. The van der Waals surface area contributed by atoms with Crippen molar-refractivity contribution in [1.82, 2.24) is 4.31 Å². The Kier molecular flexibility index (Phi) is 3.76. The van der Waals surface area contributed by atoms with E-state index in [4.69, 9.17) is 5.73 Å². The van der Waals surface area contributed by atoms with Crippen LogP contribution in [0, 0.1) is 10.1 Å². The van der Waals surface area contributed by atoms with Crippen LogP contribution in [-0.2, 0) is 10.0 Å². The number of aliphatic hydroxyl groups excluding tert-OH is 1. The number of nitrogens with zero attached hydrogens (tertiary/aromatic N) is 2. The first-order chi connectivity index (χ1) is 8.82. The number of nitrogen functional groups attached to an aromatic ring is 1. The summed E-state index contributed by atoms with van der Waals surface area (Å²) in [6, 6.07) is 0.986. The molecule has 1 saturated heterocycles. The standard InChI is InChI=1S/C9H13N3O5S2/c10-9-7(12(14)15)5-8(18-9)19(16,17)11-3-1-6(13)2-4-11/h5-6,13H,1-4,10H2. The fourth-order valence-electron chi connectivity index (χ4n) is 1.85. The fraction of sp³-hybridized carbons (Fsp3) is 0.556. The molecule has 1 aromatic heterocycles. The summed E-state index contributed by atoms with van der Waals surface area (Å²) < 4.78 is 25.6. The summed E-state index contributed by atoms with van der Waals surface area (Å²) in [5, 5.41) is 19.9. The molecule has 0 saturated carbocycles. The number of nitrogens with two attached hydrogens (primary N) is 1. The van der Waals surface area contributed by atoms with E-state index < -0.39 is 21.1 Å². The monoisotopic (exact) mass is 307 g/mol. The predicted molar refractivity (Wildman–Crippen MR) is 69.4 cm³/mol. The van der Waals surface area contributed by atoms with Crippen molar-refractivity contribution >= 4 is 32.0 Å². The van der Waals surface area contributed by atoms with Gasteiger partial charge < -0.3 is 10.8 Å². The minimum absolute atomic E-state index is 0.124. The molecule has 0 radical (unpaired) electrons. The molecule has 0 spiro atoms. The molecule has 3 N–H and O–H groups in total. The van der Waals surface area contributed by atoms with E-state index in [1.165, 1.54) is 4.31 Å². The molecule has 1 aliphatic rings. The van der Waals surface area contributed by atoms with Crippen molar-refractivity contribution in [3.8, 4) is 0 Å². The molecular formula is C9H13N3O5S2. The number of hydrogen-bond acceptors (Lipinski definition) is 7. The molecule has 10 heteroatoms. The van der Waals surface area contributed by atoms with Crippen molar-refractivity contribution in [2.24, 2.45) is 0 Å². The first-order valence-electron chi connectivity index (χ1n) is 5.54. The molecule has 106 valence electrons. The van der Waals surface area contributed by atoms with Gasteiger partial charge in [-0.15, -0.1) is 0 Å². The van der Waals surface area contributed by atoms with Gasteiger partial charge in [-0.1, -0.05) is 11.3 Å². The van der Waals surface area contributed by atoms with E-state index in [2.05, 4.69) is 0 Å². The van der Waals surface area contributed by atoms with Gasteiger partial charge in [0, 0.05) is 19.2 Å². The second-order valence-electron chi connectivity index (χ2n) is 4.21. The van der Waals surface area contributed by atoms with Crippen LogP contribution in [0.4, 0.5) is 10.7 Å². The second-order valence-corrected chi connectivity index (χ2v) is 7.46. The third-order valence-electron chi connectivity index (χ3n) is 2.93. The number of thiophene rings is 1. The molecule has 1 aliphatic heterocycles. The number of hydrogen-bond donors (Lipinski definition) is 2. The van der Waals surface area contributed by atoms with E-state index in [9.17, 15) is 23.6 Å². The van der Waals surface area contributed by atoms with E-state index in [1.54, 1.807) is 0 Å². The van der Waals surface area contributed by atoms with Crippen LogP contribution >= 0.6 is 11.3 Å². The molecule has 19 heavy (non-hydrogen) atoms. The molecule has 8 nitrogen and oxygen atoms in total. The molecule has 1 fully saturated rings. The van der Waals surface area contributed by atoms with Gasteiger partial charge in [0.05, 0.1) is 11.0 Å². The van der Waals surface area contributed by atoms with Crippen LogP contribution in [0.1, 0.15) is 12.8 Å². The molecule has 0 amide bonds. The van der Waals surface area contributed by atoms with Crippen molar-refractivity contribution in [2.45, 2.75) is 23.2 Å². The van der Waals surface area contributed by atoms with Gasteiger partial charge in [-0.2, -0.15) is 4.31 Å². The third kappa shape index (κ3) is 2.71. The van der Waals surface area contributed by atoms with Gasteiger partial charge in [0.1, 0.15) is 4.21 Å². The Morgan fingerprint density at radius 1 is 1.47 bits per heavy atom. The van der Waals surface area contributed by atoms with E-state index in [0.29, 0.717) is 24.2 Å². The molecule has 1 aromatic rings. The topological polar surface area (TPSA) is 127 Å². The normalized spacial score (nSPS) is 18.6. The van der Waals surface area contributed by atoms with Crippen LogP contribution < -0.4 is 5.73 Å². The van der Waals surface area contributed by atoms with Crippen molar-refractivity contribution in [3.63, 3.8) is 0 Å². The lowest BCUT2D eigenvalue weighted by atomic mass is 10.1. The Morgan fingerprint density at radius 3 is 2.53 bits per heavy atom. The van der Waals surface area contributed by atoms with Gasteiger partial charge in [-0.05, 0) is 12.8 Å².